The SMILES string of the molecule is CC/C=C\C/C=C\C/C=C\C/C=C\C/C=C\CCCC(=O)O[C@H](COC(=O)CCCCCCC/C=C\CCCCC)COP(=O)(O)OC[C@H](N)C(=O)O. The molecular formula is C41H68NO10P. The van der Waals surface area contributed by atoms with Crippen molar-refractivity contribution in [1.82, 2.24) is 0 Å². The predicted octanol–water partition coefficient (Wildman–Crippen LogP) is 9.78. The first-order valence-electron chi connectivity index (χ1n) is 19.5. The second-order valence-electron chi connectivity index (χ2n) is 12.7. The Hall–Kier alpha value is -3.08. The Kier molecular flexibility index (Phi) is 33.8. The quantitative estimate of drug-likeness (QED) is 0.0243. The van der Waals surface area contributed by atoms with Crippen LogP contribution in [0.4, 0.5) is 0 Å². The number of hydrogen-bond donors (Lipinski definition) is 3. The fourth-order valence-corrected chi connectivity index (χ4v) is 5.40. The van der Waals surface area contributed by atoms with Crippen LogP contribution in [0.15, 0.2) is 72.9 Å². The maximum atomic E-state index is 12.6. The van der Waals surface area contributed by atoms with Gasteiger partial charge in [0.15, 0.2) is 6.10 Å². The number of carboxylic acids is 1. The minimum absolute atomic E-state index is 0.0775. The first-order chi connectivity index (χ1) is 25.6. The van der Waals surface area contributed by atoms with Crippen molar-refractivity contribution < 1.29 is 47.5 Å². The maximum absolute atomic E-state index is 12.6. The van der Waals surface area contributed by atoms with Gasteiger partial charge in [-0.05, 0) is 77.0 Å². The molecule has 0 saturated heterocycles. The first kappa shape index (κ1) is 49.9. The van der Waals surface area contributed by atoms with Crippen LogP contribution in [-0.4, -0.2) is 59.9 Å². The van der Waals surface area contributed by atoms with Gasteiger partial charge in [-0.2, -0.15) is 0 Å². The lowest BCUT2D eigenvalue weighted by Gasteiger charge is -2.20. The van der Waals surface area contributed by atoms with Gasteiger partial charge < -0.3 is 25.2 Å². The second-order valence-corrected chi connectivity index (χ2v) is 14.1. The lowest BCUT2D eigenvalue weighted by Crippen LogP contribution is -2.34. The molecule has 0 aromatic heterocycles. The number of rotatable bonds is 35. The maximum Gasteiger partial charge on any atom is 0.472 e. The van der Waals surface area contributed by atoms with E-state index in [9.17, 15) is 23.8 Å². The van der Waals surface area contributed by atoms with Crippen molar-refractivity contribution in [3.63, 3.8) is 0 Å². The largest absolute Gasteiger partial charge is 0.480 e. The Labute approximate surface area is 319 Å². The van der Waals surface area contributed by atoms with E-state index in [1.807, 2.05) is 12.2 Å². The lowest BCUT2D eigenvalue weighted by molar-refractivity contribution is -0.161. The number of phosphoric ester groups is 1. The van der Waals surface area contributed by atoms with Crippen LogP contribution in [0, 0.1) is 0 Å². The third-order valence-corrected chi connectivity index (χ3v) is 8.64. The molecular weight excluding hydrogens is 697 g/mol. The molecule has 0 rings (SSSR count). The molecule has 0 aliphatic rings. The second kappa shape index (κ2) is 35.9. The molecule has 12 heteroatoms. The molecule has 0 aromatic rings. The molecule has 0 fully saturated rings. The lowest BCUT2D eigenvalue weighted by atomic mass is 10.1. The van der Waals surface area contributed by atoms with Crippen LogP contribution in [0.1, 0.15) is 136 Å². The normalized spacial score (nSPS) is 14.6. The van der Waals surface area contributed by atoms with Crippen molar-refractivity contribution in [2.45, 2.75) is 148 Å². The van der Waals surface area contributed by atoms with Crippen molar-refractivity contribution in [2.24, 2.45) is 5.73 Å². The molecule has 3 atom stereocenters. The summed E-state index contributed by atoms with van der Waals surface area (Å²) in [5.74, 6) is -2.48. The van der Waals surface area contributed by atoms with Gasteiger partial charge in [-0.15, -0.1) is 0 Å². The Balaban J connectivity index is 4.57. The fraction of sp³-hybridized carbons (Fsp3) is 0.634. The molecule has 0 aromatic carbocycles. The van der Waals surface area contributed by atoms with Gasteiger partial charge >= 0.3 is 25.7 Å². The van der Waals surface area contributed by atoms with E-state index in [0.29, 0.717) is 19.3 Å². The highest BCUT2D eigenvalue weighted by Gasteiger charge is 2.28. The minimum atomic E-state index is -4.73. The topological polar surface area (TPSA) is 172 Å². The third kappa shape index (κ3) is 35.7. The van der Waals surface area contributed by atoms with Crippen LogP contribution in [0.25, 0.3) is 0 Å². The number of allylic oxidation sites excluding steroid dienone is 12. The number of hydrogen-bond acceptors (Lipinski definition) is 9. The van der Waals surface area contributed by atoms with Crippen molar-refractivity contribution in [2.75, 3.05) is 19.8 Å². The molecule has 0 amide bonds. The van der Waals surface area contributed by atoms with Crippen LogP contribution in [0.5, 0.6) is 0 Å². The highest BCUT2D eigenvalue weighted by Crippen LogP contribution is 2.43. The van der Waals surface area contributed by atoms with Gasteiger partial charge in [0.2, 0.25) is 0 Å². The highest BCUT2D eigenvalue weighted by atomic mass is 31.2. The van der Waals surface area contributed by atoms with E-state index in [1.165, 1.54) is 19.3 Å². The fourth-order valence-electron chi connectivity index (χ4n) is 4.62. The van der Waals surface area contributed by atoms with E-state index in [-0.39, 0.29) is 19.4 Å². The number of unbranched alkanes of at least 4 members (excludes halogenated alkanes) is 9. The summed E-state index contributed by atoms with van der Waals surface area (Å²) in [6.45, 7) is 2.56. The van der Waals surface area contributed by atoms with Gasteiger partial charge in [0.05, 0.1) is 13.2 Å². The average molecular weight is 766 g/mol. The van der Waals surface area contributed by atoms with Gasteiger partial charge in [0.25, 0.3) is 0 Å². The zero-order valence-electron chi connectivity index (χ0n) is 32.3. The van der Waals surface area contributed by atoms with Crippen molar-refractivity contribution in [3.8, 4) is 0 Å². The molecule has 0 spiro atoms. The van der Waals surface area contributed by atoms with E-state index in [0.717, 1.165) is 70.6 Å². The van der Waals surface area contributed by atoms with Crippen LogP contribution < -0.4 is 5.73 Å². The number of aliphatic carboxylic acids is 1. The monoisotopic (exact) mass is 765 g/mol. The molecule has 0 bridgehead atoms. The Bertz CT molecular complexity index is 1180. The molecule has 0 aliphatic heterocycles. The number of carboxylic acid groups (broad SMARTS) is 1. The number of carbonyl (C=O) groups is 3. The van der Waals surface area contributed by atoms with Gasteiger partial charge in [-0.3, -0.25) is 23.4 Å². The average Bonchev–Trinajstić information content (AvgIpc) is 3.13. The number of carbonyl (C=O) groups excluding carboxylic acids is 2. The van der Waals surface area contributed by atoms with Gasteiger partial charge in [-0.1, -0.05) is 119 Å². The van der Waals surface area contributed by atoms with Gasteiger partial charge in [-0.25, -0.2) is 4.57 Å². The van der Waals surface area contributed by atoms with Crippen LogP contribution in [-0.2, 0) is 37.5 Å². The van der Waals surface area contributed by atoms with E-state index in [4.69, 9.17) is 24.8 Å². The van der Waals surface area contributed by atoms with Crippen molar-refractivity contribution in [1.29, 1.82) is 0 Å². The summed E-state index contributed by atoms with van der Waals surface area (Å²) in [4.78, 5) is 45.7. The Morgan fingerprint density at radius 1 is 0.604 bits per heavy atom. The van der Waals surface area contributed by atoms with E-state index >= 15 is 0 Å². The standard InChI is InChI=1S/C41H68NO10P/c1-3-5-7-9-11-13-15-17-18-19-20-21-23-25-27-29-31-33-40(44)52-37(35-50-53(47,48)51-36-38(42)41(45)46)34-49-39(43)32-30-28-26-24-22-16-14-12-10-8-6-4-2/h5,7,11-14,17-18,20-21,25,27,37-38H,3-4,6,8-10,15-16,19,22-24,26,28-36,42H2,1-2H3,(H,45,46)(H,47,48)/b7-5-,13-11-,14-12-,18-17-,21-20-,27-25-/t37-,38+/m1/s1. The summed E-state index contributed by atoms with van der Waals surface area (Å²) < 4.78 is 32.5. The van der Waals surface area contributed by atoms with Gasteiger partial charge in [0, 0.05) is 12.8 Å². The zero-order valence-corrected chi connectivity index (χ0v) is 33.2. The number of esters is 2. The van der Waals surface area contributed by atoms with Crippen LogP contribution in [0.3, 0.4) is 0 Å². The summed E-state index contributed by atoms with van der Waals surface area (Å²) in [5, 5.41) is 8.86. The Morgan fingerprint density at radius 3 is 1.66 bits per heavy atom. The summed E-state index contributed by atoms with van der Waals surface area (Å²) >= 11 is 0. The molecule has 1 unspecified atom stereocenters. The summed E-state index contributed by atoms with van der Waals surface area (Å²) in [6.07, 6.45) is 41.2. The van der Waals surface area contributed by atoms with E-state index in [1.54, 1.807) is 0 Å². The first-order valence-corrected chi connectivity index (χ1v) is 21.0. The molecule has 4 N–H and O–H groups in total. The minimum Gasteiger partial charge on any atom is -0.480 e. The Morgan fingerprint density at radius 2 is 1.08 bits per heavy atom. The summed E-state index contributed by atoms with van der Waals surface area (Å²) in [6, 6.07) is -1.53. The zero-order chi connectivity index (χ0) is 39.3. The molecule has 53 heavy (non-hydrogen) atoms. The van der Waals surface area contributed by atoms with Crippen molar-refractivity contribution >= 4 is 25.7 Å². The summed E-state index contributed by atoms with van der Waals surface area (Å²) in [7, 11) is -4.73. The number of nitrogens with two attached hydrogens (primary N) is 1. The molecule has 0 radical (unpaired) electrons. The van der Waals surface area contributed by atoms with E-state index in [2.05, 4.69) is 79.1 Å². The van der Waals surface area contributed by atoms with Crippen LogP contribution >= 0.6 is 7.82 Å². The van der Waals surface area contributed by atoms with Crippen LogP contribution in [0.2, 0.25) is 0 Å². The molecule has 0 heterocycles. The molecule has 0 aliphatic carbocycles. The highest BCUT2D eigenvalue weighted by molar-refractivity contribution is 7.47. The summed E-state index contributed by atoms with van der Waals surface area (Å²) in [5.41, 5.74) is 5.31. The predicted molar refractivity (Wildman–Crippen MR) is 212 cm³/mol. The molecule has 11 nitrogen and oxygen atoms in total. The molecule has 302 valence electrons. The number of ether oxygens (including phenoxy) is 2. The third-order valence-electron chi connectivity index (χ3n) is 7.69. The smallest absolute Gasteiger partial charge is 0.472 e. The molecule has 0 saturated carbocycles. The van der Waals surface area contributed by atoms with E-state index < -0.39 is 51.1 Å². The number of phosphoric acid groups is 1. The van der Waals surface area contributed by atoms with Gasteiger partial charge in [0.1, 0.15) is 12.6 Å². The van der Waals surface area contributed by atoms with Crippen molar-refractivity contribution in [3.05, 3.63) is 72.9 Å².